The summed E-state index contributed by atoms with van der Waals surface area (Å²) in [5.41, 5.74) is 1.56. The second kappa shape index (κ2) is 7.73. The van der Waals surface area contributed by atoms with Gasteiger partial charge in [0.15, 0.2) is 5.60 Å². The van der Waals surface area contributed by atoms with E-state index in [4.69, 9.17) is 16.3 Å². The van der Waals surface area contributed by atoms with Crippen LogP contribution >= 0.6 is 11.6 Å². The summed E-state index contributed by atoms with van der Waals surface area (Å²) in [6.45, 7) is 13.6. The first-order valence-corrected chi connectivity index (χ1v) is 8.07. The summed E-state index contributed by atoms with van der Waals surface area (Å²) in [4.78, 5) is 0. The van der Waals surface area contributed by atoms with E-state index in [0.29, 0.717) is 5.02 Å². The fraction of sp³-hybridized carbons (Fsp3) is 0.474. The van der Waals surface area contributed by atoms with Crippen LogP contribution in [0.25, 0.3) is 0 Å². The summed E-state index contributed by atoms with van der Waals surface area (Å²) in [5.74, 6) is 1.02. The molecule has 0 saturated heterocycles. The van der Waals surface area contributed by atoms with Gasteiger partial charge in [0.25, 0.3) is 0 Å². The molecular weight excluding hydrogens is 296 g/mol. The van der Waals surface area contributed by atoms with Crippen molar-refractivity contribution < 1.29 is 9.84 Å². The molecule has 0 aliphatic heterocycles. The molecular formula is C19H27ClO2. The summed E-state index contributed by atoms with van der Waals surface area (Å²) in [7, 11) is 0. The minimum atomic E-state index is -0.837. The van der Waals surface area contributed by atoms with Gasteiger partial charge in [-0.2, -0.15) is 0 Å². The van der Waals surface area contributed by atoms with Crippen molar-refractivity contribution >= 4 is 11.6 Å². The lowest BCUT2D eigenvalue weighted by Gasteiger charge is -2.28. The molecule has 122 valence electrons. The summed E-state index contributed by atoms with van der Waals surface area (Å²) >= 11 is 6.16. The van der Waals surface area contributed by atoms with Crippen molar-refractivity contribution in [1.29, 1.82) is 0 Å². The highest BCUT2D eigenvalue weighted by Gasteiger charge is 2.26. The van der Waals surface area contributed by atoms with Gasteiger partial charge in [0, 0.05) is 5.02 Å². The van der Waals surface area contributed by atoms with Gasteiger partial charge in [0.05, 0.1) is 0 Å². The molecule has 1 unspecified atom stereocenters. The topological polar surface area (TPSA) is 29.5 Å². The van der Waals surface area contributed by atoms with Gasteiger partial charge in [-0.3, -0.25) is 0 Å². The maximum Gasteiger partial charge on any atom is 0.159 e. The highest BCUT2D eigenvalue weighted by atomic mass is 35.5. The number of hydrogen-bond acceptors (Lipinski definition) is 2. The van der Waals surface area contributed by atoms with Crippen molar-refractivity contribution in [2.45, 2.75) is 59.0 Å². The molecule has 0 heterocycles. The lowest BCUT2D eigenvalue weighted by atomic mass is 9.93. The molecule has 1 aromatic rings. The summed E-state index contributed by atoms with van der Waals surface area (Å²) in [6.07, 6.45) is 4.22. The van der Waals surface area contributed by atoms with E-state index >= 15 is 0 Å². The summed E-state index contributed by atoms with van der Waals surface area (Å²) < 4.78 is 5.98. The zero-order chi connectivity index (χ0) is 16.9. The first-order valence-electron chi connectivity index (χ1n) is 7.69. The Morgan fingerprint density at radius 3 is 2.64 bits per heavy atom. The number of aliphatic hydroxyl groups is 1. The van der Waals surface area contributed by atoms with E-state index in [0.717, 1.165) is 24.2 Å². The summed E-state index contributed by atoms with van der Waals surface area (Å²) in [6, 6.07) is 5.60. The minimum absolute atomic E-state index is 0.00288. The molecule has 1 N–H and O–H groups in total. The molecule has 1 atom stereocenters. The van der Waals surface area contributed by atoms with E-state index in [1.165, 1.54) is 5.57 Å². The fourth-order valence-electron chi connectivity index (χ4n) is 2.36. The van der Waals surface area contributed by atoms with Crippen LogP contribution in [0.5, 0.6) is 5.75 Å². The quantitative estimate of drug-likeness (QED) is 0.463. The Kier molecular flexibility index (Phi) is 6.55. The van der Waals surface area contributed by atoms with E-state index in [1.54, 1.807) is 19.9 Å². The average molecular weight is 323 g/mol. The van der Waals surface area contributed by atoms with Crippen molar-refractivity contribution in [3.05, 3.63) is 52.8 Å². The Hall–Kier alpha value is -1.41. The van der Waals surface area contributed by atoms with Crippen LogP contribution in [0.4, 0.5) is 0 Å². The number of halogens is 1. The number of ether oxygens (including phenoxy) is 1. The summed E-state index contributed by atoms with van der Waals surface area (Å²) in [5, 5.41) is 10.4. The molecule has 22 heavy (non-hydrogen) atoms. The lowest BCUT2D eigenvalue weighted by molar-refractivity contribution is 0.0959. The van der Waals surface area contributed by atoms with Gasteiger partial charge in [-0.05, 0) is 63.3 Å². The number of rotatable bonds is 7. The van der Waals surface area contributed by atoms with Crippen molar-refractivity contribution in [3.8, 4) is 5.75 Å². The molecule has 0 aliphatic rings. The van der Waals surface area contributed by atoms with Gasteiger partial charge in [-0.25, -0.2) is 0 Å². The van der Waals surface area contributed by atoms with Crippen LogP contribution in [0.2, 0.25) is 5.02 Å². The Morgan fingerprint density at radius 1 is 1.45 bits per heavy atom. The van der Waals surface area contributed by atoms with Crippen LogP contribution < -0.4 is 4.74 Å². The van der Waals surface area contributed by atoms with Gasteiger partial charge in [-0.15, -0.1) is 0 Å². The van der Waals surface area contributed by atoms with Crippen LogP contribution in [-0.4, -0.2) is 10.7 Å². The average Bonchev–Trinajstić information content (AvgIpc) is 2.40. The van der Waals surface area contributed by atoms with Crippen molar-refractivity contribution in [2.75, 3.05) is 0 Å². The molecule has 0 radical (unpaired) electrons. The first-order chi connectivity index (χ1) is 10.2. The fourth-order valence-corrected chi connectivity index (χ4v) is 2.54. The Labute approximate surface area is 139 Å². The van der Waals surface area contributed by atoms with Crippen LogP contribution in [0, 0.1) is 0 Å². The normalized spacial score (nSPS) is 13.8. The lowest BCUT2D eigenvalue weighted by Crippen LogP contribution is -2.30. The third kappa shape index (κ3) is 5.10. The maximum atomic E-state index is 9.69. The van der Waals surface area contributed by atoms with Crippen LogP contribution in [0.1, 0.15) is 58.9 Å². The van der Waals surface area contributed by atoms with E-state index in [9.17, 15) is 5.11 Å². The zero-order valence-corrected chi connectivity index (χ0v) is 15.0. The van der Waals surface area contributed by atoms with E-state index in [2.05, 4.69) is 33.4 Å². The Balaban J connectivity index is 3.10. The van der Waals surface area contributed by atoms with Gasteiger partial charge in [0.2, 0.25) is 0 Å². The third-order valence-corrected chi connectivity index (χ3v) is 3.98. The van der Waals surface area contributed by atoms with E-state index in [-0.39, 0.29) is 11.7 Å². The van der Waals surface area contributed by atoms with Crippen LogP contribution in [-0.2, 0) is 0 Å². The second-order valence-electron chi connectivity index (χ2n) is 6.31. The van der Waals surface area contributed by atoms with Crippen molar-refractivity contribution in [1.82, 2.24) is 0 Å². The largest absolute Gasteiger partial charge is 0.509 e. The monoisotopic (exact) mass is 322 g/mol. The SMILES string of the molecule is C=C(O)C(C)(C)Oc1ccc(Cl)cc1C(C)C/C(C)=C\CC. The first kappa shape index (κ1) is 18.6. The zero-order valence-electron chi connectivity index (χ0n) is 14.2. The smallest absolute Gasteiger partial charge is 0.159 e. The van der Waals surface area contributed by atoms with Gasteiger partial charge >= 0.3 is 0 Å². The minimum Gasteiger partial charge on any atom is -0.509 e. The molecule has 0 aromatic heterocycles. The molecule has 2 nitrogen and oxygen atoms in total. The van der Waals surface area contributed by atoms with Crippen molar-refractivity contribution in [2.24, 2.45) is 0 Å². The molecule has 0 fully saturated rings. The molecule has 0 aliphatic carbocycles. The molecule has 0 amide bonds. The predicted molar refractivity (Wildman–Crippen MR) is 95.0 cm³/mol. The molecule has 1 rings (SSSR count). The van der Waals surface area contributed by atoms with E-state index < -0.39 is 5.60 Å². The predicted octanol–water partition coefficient (Wildman–Crippen LogP) is 6.42. The Bertz CT molecular complexity index is 559. The molecule has 0 saturated carbocycles. The number of allylic oxidation sites excluding steroid dienone is 2. The highest BCUT2D eigenvalue weighted by Crippen LogP contribution is 2.35. The second-order valence-corrected chi connectivity index (χ2v) is 6.74. The highest BCUT2D eigenvalue weighted by molar-refractivity contribution is 6.30. The standard InChI is InChI=1S/C19H27ClO2/c1-7-8-13(2)11-14(3)17-12-16(20)9-10-18(17)22-19(5,6)15(4)21/h8-10,12,14,21H,4,7,11H2,1-3,5-6H3/b13-8-. The molecule has 3 heteroatoms. The maximum absolute atomic E-state index is 9.69. The molecule has 0 bridgehead atoms. The number of benzene rings is 1. The molecule has 1 aromatic carbocycles. The number of hydrogen-bond donors (Lipinski definition) is 1. The van der Waals surface area contributed by atoms with E-state index in [1.807, 2.05) is 12.1 Å². The Morgan fingerprint density at radius 2 is 2.09 bits per heavy atom. The molecule has 0 spiro atoms. The van der Waals surface area contributed by atoms with Crippen molar-refractivity contribution in [3.63, 3.8) is 0 Å². The van der Waals surface area contributed by atoms with Crippen LogP contribution in [0.15, 0.2) is 42.2 Å². The van der Waals surface area contributed by atoms with Gasteiger partial charge in [-0.1, -0.05) is 43.7 Å². The van der Waals surface area contributed by atoms with Crippen LogP contribution in [0.3, 0.4) is 0 Å². The van der Waals surface area contributed by atoms with Gasteiger partial charge in [0.1, 0.15) is 11.5 Å². The number of aliphatic hydroxyl groups excluding tert-OH is 1. The van der Waals surface area contributed by atoms with Gasteiger partial charge < -0.3 is 9.84 Å². The third-order valence-electron chi connectivity index (χ3n) is 3.74.